The summed E-state index contributed by atoms with van der Waals surface area (Å²) in [7, 11) is 0. The standard InChI is InChI=1S/C21H16ClN7O2.C19H20ClN5O4/c22-16-7-15(2-1-11(16)9-23)25-17-8-18(26-14-3-4-14)29-20(27-17)13(10-24-29)5-12-6-19(30)28-21(12)31;1-19(2,3)29-18(28)24(12-4-5-12)15-8-13(20)22-16-11(9-21-25(15)16)6-10-7-14(26)23-17(10)27/h1-2,5,7-8,10,14,26H,3-4,6H2,(H,25,27)(H,28,30,31);6,8-9,12H,4-5,7H2,1-3H3,(H,23,26,27)/b12-5+;10-6+. The van der Waals surface area contributed by atoms with Crippen LogP contribution in [0.3, 0.4) is 0 Å². The molecule has 0 unspecified atom stereocenters. The number of benzene rings is 1. The van der Waals surface area contributed by atoms with Gasteiger partial charge in [0, 0.05) is 52.2 Å². The van der Waals surface area contributed by atoms with Crippen LogP contribution in [0.4, 0.5) is 27.9 Å². The zero-order valence-corrected chi connectivity index (χ0v) is 33.9. The van der Waals surface area contributed by atoms with Gasteiger partial charge >= 0.3 is 6.09 Å². The summed E-state index contributed by atoms with van der Waals surface area (Å²) >= 11 is 12.4. The number of carbonyl (C=O) groups is 5. The van der Waals surface area contributed by atoms with Crippen LogP contribution >= 0.6 is 23.2 Å². The van der Waals surface area contributed by atoms with Crippen molar-refractivity contribution in [2.24, 2.45) is 0 Å². The van der Waals surface area contributed by atoms with Gasteiger partial charge in [-0.25, -0.2) is 14.8 Å². The molecule has 6 heterocycles. The lowest BCUT2D eigenvalue weighted by Gasteiger charge is -2.27. The van der Waals surface area contributed by atoms with E-state index in [0.29, 0.717) is 67.5 Å². The Morgan fingerprint density at radius 3 is 2.05 bits per heavy atom. The predicted octanol–water partition coefficient (Wildman–Crippen LogP) is 5.72. The van der Waals surface area contributed by atoms with Crippen molar-refractivity contribution < 1.29 is 28.7 Å². The quantitative estimate of drug-likeness (QED) is 0.0833. The first-order chi connectivity index (χ1) is 28.6. The minimum Gasteiger partial charge on any atom is -0.443 e. The Balaban J connectivity index is 0.000000167. The van der Waals surface area contributed by atoms with Gasteiger partial charge in [0.25, 0.3) is 11.8 Å². The Morgan fingerprint density at radius 2 is 1.52 bits per heavy atom. The molecule has 2 saturated heterocycles. The third kappa shape index (κ3) is 8.77. The minimum absolute atomic E-state index is 0.00393. The molecule has 60 heavy (non-hydrogen) atoms. The number of nitriles is 1. The van der Waals surface area contributed by atoms with E-state index in [1.54, 1.807) is 72.8 Å². The van der Waals surface area contributed by atoms with E-state index < -0.39 is 23.5 Å². The van der Waals surface area contributed by atoms with Crippen LogP contribution in [0.2, 0.25) is 10.2 Å². The molecule has 0 bridgehead atoms. The lowest BCUT2D eigenvalue weighted by molar-refractivity contribution is -0.125. The highest BCUT2D eigenvalue weighted by Crippen LogP contribution is 2.35. The molecule has 2 aliphatic carbocycles. The Bertz CT molecular complexity index is 2750. The number of fused-ring (bicyclic) bond motifs is 2. The van der Waals surface area contributed by atoms with Gasteiger partial charge in [0.05, 0.1) is 35.8 Å². The summed E-state index contributed by atoms with van der Waals surface area (Å²) in [5.74, 6) is 0.224. The van der Waals surface area contributed by atoms with Crippen LogP contribution in [0.5, 0.6) is 0 Å². The molecular formula is C40H36Cl2N12O6. The first-order valence-corrected chi connectivity index (χ1v) is 19.7. The van der Waals surface area contributed by atoms with Crippen LogP contribution in [0, 0.1) is 11.3 Å². The molecule has 9 rings (SSSR count). The summed E-state index contributed by atoms with van der Waals surface area (Å²) in [5, 5.41) is 29.5. The highest BCUT2D eigenvalue weighted by Gasteiger charge is 2.38. The van der Waals surface area contributed by atoms with E-state index >= 15 is 0 Å². The second-order valence-electron chi connectivity index (χ2n) is 15.5. The average molecular weight is 852 g/mol. The molecule has 2 saturated carbocycles. The number of imide groups is 2. The molecule has 2 aliphatic heterocycles. The summed E-state index contributed by atoms with van der Waals surface area (Å²) in [5.41, 5.74) is 3.17. The average Bonchev–Trinajstić information content (AvgIpc) is 4.04. The predicted molar refractivity (Wildman–Crippen MR) is 220 cm³/mol. The lowest BCUT2D eigenvalue weighted by Crippen LogP contribution is -2.39. The number of rotatable bonds is 8. The van der Waals surface area contributed by atoms with E-state index in [4.69, 9.17) is 33.2 Å². The second kappa shape index (κ2) is 15.7. The highest BCUT2D eigenvalue weighted by atomic mass is 35.5. The van der Waals surface area contributed by atoms with Gasteiger partial charge in [-0.3, -0.25) is 34.7 Å². The maximum Gasteiger partial charge on any atom is 0.416 e. The molecule has 4 aromatic heterocycles. The third-order valence-corrected chi connectivity index (χ3v) is 9.95. The smallest absolute Gasteiger partial charge is 0.416 e. The Morgan fingerprint density at radius 1 is 0.900 bits per heavy atom. The van der Waals surface area contributed by atoms with E-state index in [1.807, 2.05) is 12.1 Å². The molecule has 20 heteroatoms. The molecule has 1 aromatic carbocycles. The van der Waals surface area contributed by atoms with Crippen molar-refractivity contribution in [3.05, 3.63) is 80.7 Å². The molecule has 4 fully saturated rings. The number of halogens is 2. The molecule has 0 radical (unpaired) electrons. The van der Waals surface area contributed by atoms with E-state index in [-0.39, 0.29) is 35.9 Å². The molecule has 5 aromatic rings. The number of carbonyl (C=O) groups excluding carboxylic acids is 5. The van der Waals surface area contributed by atoms with Crippen molar-refractivity contribution in [1.29, 1.82) is 5.26 Å². The lowest BCUT2D eigenvalue weighted by atomic mass is 10.1. The first kappa shape index (κ1) is 40.0. The number of amides is 5. The van der Waals surface area contributed by atoms with Crippen LogP contribution in [0.25, 0.3) is 23.4 Å². The van der Waals surface area contributed by atoms with Gasteiger partial charge in [-0.1, -0.05) is 23.2 Å². The van der Waals surface area contributed by atoms with Crippen molar-refractivity contribution >= 4 is 99.5 Å². The fourth-order valence-corrected chi connectivity index (χ4v) is 6.82. The van der Waals surface area contributed by atoms with Gasteiger partial charge in [0.2, 0.25) is 11.8 Å². The summed E-state index contributed by atoms with van der Waals surface area (Å²) in [6, 6.07) is 10.9. The van der Waals surface area contributed by atoms with E-state index in [1.165, 1.54) is 10.7 Å². The maximum absolute atomic E-state index is 12.9. The second-order valence-corrected chi connectivity index (χ2v) is 16.3. The normalized spacial score (nSPS) is 17.7. The van der Waals surface area contributed by atoms with Crippen molar-refractivity contribution in [2.45, 2.75) is 77.0 Å². The Labute approximate surface area is 351 Å². The summed E-state index contributed by atoms with van der Waals surface area (Å²) in [6.45, 7) is 5.41. The summed E-state index contributed by atoms with van der Waals surface area (Å²) in [6.07, 6.45) is 9.74. The fraction of sp³-hybridized carbons (Fsp3) is 0.300. The maximum atomic E-state index is 12.9. The van der Waals surface area contributed by atoms with Gasteiger partial charge in [0.15, 0.2) is 11.3 Å². The summed E-state index contributed by atoms with van der Waals surface area (Å²) in [4.78, 5) is 70.1. The largest absolute Gasteiger partial charge is 0.443 e. The van der Waals surface area contributed by atoms with E-state index in [9.17, 15) is 24.0 Å². The van der Waals surface area contributed by atoms with Gasteiger partial charge in [-0.15, -0.1) is 0 Å². The zero-order valence-electron chi connectivity index (χ0n) is 32.4. The molecule has 4 aliphatic rings. The van der Waals surface area contributed by atoms with Gasteiger partial charge in [0.1, 0.15) is 34.3 Å². The van der Waals surface area contributed by atoms with Crippen molar-refractivity contribution in [2.75, 3.05) is 15.5 Å². The molecule has 0 atom stereocenters. The number of ether oxygens (including phenoxy) is 1. The van der Waals surface area contributed by atoms with E-state index in [2.05, 4.69) is 41.4 Å². The summed E-state index contributed by atoms with van der Waals surface area (Å²) < 4.78 is 8.74. The van der Waals surface area contributed by atoms with Crippen LogP contribution in [0.15, 0.2) is 53.9 Å². The first-order valence-electron chi connectivity index (χ1n) is 18.9. The van der Waals surface area contributed by atoms with Crippen molar-refractivity contribution in [1.82, 2.24) is 39.8 Å². The molecule has 18 nitrogen and oxygen atoms in total. The van der Waals surface area contributed by atoms with Crippen LogP contribution < -0.4 is 26.2 Å². The minimum atomic E-state index is -0.651. The number of anilines is 4. The molecular weight excluding hydrogens is 815 g/mol. The van der Waals surface area contributed by atoms with Gasteiger partial charge in [-0.2, -0.15) is 24.5 Å². The number of hydrogen-bond donors (Lipinski definition) is 4. The molecule has 306 valence electrons. The van der Waals surface area contributed by atoms with Crippen LogP contribution in [0.1, 0.15) is 76.0 Å². The van der Waals surface area contributed by atoms with Crippen LogP contribution in [-0.2, 0) is 23.9 Å². The third-order valence-electron chi connectivity index (χ3n) is 9.44. The number of nitrogens with zero attached hydrogens (tertiary/aromatic N) is 8. The van der Waals surface area contributed by atoms with Gasteiger partial charge in [-0.05, 0) is 76.8 Å². The molecule has 0 spiro atoms. The number of hydrogen-bond acceptors (Lipinski definition) is 13. The Hall–Kier alpha value is -6.84. The fourth-order valence-electron chi connectivity index (χ4n) is 6.42. The van der Waals surface area contributed by atoms with Gasteiger partial charge < -0.3 is 15.4 Å². The number of aromatic nitrogens is 6. The van der Waals surface area contributed by atoms with E-state index in [0.717, 1.165) is 31.5 Å². The molecule has 4 N–H and O–H groups in total. The van der Waals surface area contributed by atoms with Crippen LogP contribution in [-0.4, -0.2) is 76.6 Å². The Kier molecular flexibility index (Phi) is 10.5. The SMILES string of the molecule is CC(C)(C)OC(=O)N(c1cc(Cl)nc2c(/C=C3\CC(=O)NC3=O)cnn12)C1CC1.N#Cc1ccc(Nc2cc(NC3CC3)n3ncc(/C=C4\CC(=O)NC4=O)c3n2)cc1Cl. The monoisotopic (exact) mass is 850 g/mol. The van der Waals surface area contributed by atoms with Crippen molar-refractivity contribution in [3.63, 3.8) is 0 Å². The zero-order chi connectivity index (χ0) is 42.5. The van der Waals surface area contributed by atoms with Crippen molar-refractivity contribution in [3.8, 4) is 6.07 Å². The topological polar surface area (TPSA) is 230 Å². The molecule has 5 amide bonds. The number of nitrogens with one attached hydrogen (secondary N) is 4. The highest BCUT2D eigenvalue weighted by molar-refractivity contribution is 6.32.